The van der Waals surface area contributed by atoms with Crippen LogP contribution in [0.1, 0.15) is 28.4 Å². The highest BCUT2D eigenvalue weighted by atomic mass is 19.1. The second-order valence-electron chi connectivity index (χ2n) is 4.89. The summed E-state index contributed by atoms with van der Waals surface area (Å²) in [5.41, 5.74) is 3.01. The molecule has 0 aliphatic carbocycles. The van der Waals surface area contributed by atoms with Crippen LogP contribution in [0.25, 0.3) is 0 Å². The van der Waals surface area contributed by atoms with Gasteiger partial charge in [0.25, 0.3) is 5.91 Å². The summed E-state index contributed by atoms with van der Waals surface area (Å²) in [5.74, 6) is -0.337. The minimum Gasteiger partial charge on any atom is -0.381 e. The number of hydrogen-bond acceptors (Lipinski definition) is 2. The fourth-order valence-electron chi connectivity index (χ4n) is 2.07. The summed E-state index contributed by atoms with van der Waals surface area (Å²) < 4.78 is 13.7. The highest BCUT2D eigenvalue weighted by Gasteiger charge is 2.06. The van der Waals surface area contributed by atoms with Gasteiger partial charge < -0.3 is 10.6 Å². The Bertz CT molecular complexity index is 640. The highest BCUT2D eigenvalue weighted by Crippen LogP contribution is 2.15. The first kappa shape index (κ1) is 15.0. The van der Waals surface area contributed by atoms with E-state index in [1.54, 1.807) is 24.3 Å². The van der Waals surface area contributed by atoms with Gasteiger partial charge >= 0.3 is 0 Å². The van der Waals surface area contributed by atoms with Crippen molar-refractivity contribution in [3.05, 3.63) is 65.0 Å². The Morgan fingerprint density at radius 2 is 2.00 bits per heavy atom. The topological polar surface area (TPSA) is 41.1 Å². The lowest BCUT2D eigenvalue weighted by molar-refractivity contribution is 0.0956. The highest BCUT2D eigenvalue weighted by molar-refractivity contribution is 5.95. The van der Waals surface area contributed by atoms with E-state index >= 15 is 0 Å². The van der Waals surface area contributed by atoms with Gasteiger partial charge in [0.15, 0.2) is 0 Å². The SMILES string of the molecule is CCNC(=O)c1cccc(NCc2cc(C)ccc2F)c1. The van der Waals surface area contributed by atoms with E-state index in [-0.39, 0.29) is 11.7 Å². The maximum absolute atomic E-state index is 13.7. The molecule has 4 heteroatoms. The molecule has 2 aromatic carbocycles. The van der Waals surface area contributed by atoms with Crippen molar-refractivity contribution in [2.45, 2.75) is 20.4 Å². The second-order valence-corrected chi connectivity index (χ2v) is 4.89. The van der Waals surface area contributed by atoms with E-state index in [9.17, 15) is 9.18 Å². The predicted molar refractivity (Wildman–Crippen MR) is 82.9 cm³/mol. The lowest BCUT2D eigenvalue weighted by Crippen LogP contribution is -2.22. The summed E-state index contributed by atoms with van der Waals surface area (Å²) in [6.07, 6.45) is 0. The van der Waals surface area contributed by atoms with E-state index in [0.29, 0.717) is 24.2 Å². The lowest BCUT2D eigenvalue weighted by Gasteiger charge is -2.10. The molecule has 0 aromatic heterocycles. The fraction of sp³-hybridized carbons (Fsp3) is 0.235. The number of halogens is 1. The normalized spacial score (nSPS) is 10.2. The Labute approximate surface area is 124 Å². The summed E-state index contributed by atoms with van der Waals surface area (Å²) in [6.45, 7) is 4.77. The number of carbonyl (C=O) groups is 1. The van der Waals surface area contributed by atoms with Gasteiger partial charge in [0.05, 0.1) is 0 Å². The molecule has 0 fully saturated rings. The summed E-state index contributed by atoms with van der Waals surface area (Å²) in [5, 5.41) is 5.90. The molecule has 110 valence electrons. The molecule has 0 atom stereocenters. The van der Waals surface area contributed by atoms with Gasteiger partial charge in [-0.1, -0.05) is 23.8 Å². The van der Waals surface area contributed by atoms with Crippen LogP contribution in [0.15, 0.2) is 42.5 Å². The smallest absolute Gasteiger partial charge is 0.251 e. The monoisotopic (exact) mass is 286 g/mol. The molecule has 0 aliphatic heterocycles. The largest absolute Gasteiger partial charge is 0.381 e. The third-order valence-corrected chi connectivity index (χ3v) is 3.15. The van der Waals surface area contributed by atoms with Crippen LogP contribution in [-0.2, 0) is 6.54 Å². The molecule has 0 spiro atoms. The average molecular weight is 286 g/mol. The zero-order valence-electron chi connectivity index (χ0n) is 12.2. The Balaban J connectivity index is 2.08. The van der Waals surface area contributed by atoms with Crippen LogP contribution < -0.4 is 10.6 Å². The summed E-state index contributed by atoms with van der Waals surface area (Å²) >= 11 is 0. The van der Waals surface area contributed by atoms with Crippen molar-refractivity contribution in [2.75, 3.05) is 11.9 Å². The van der Waals surface area contributed by atoms with Crippen molar-refractivity contribution in [3.8, 4) is 0 Å². The molecule has 0 saturated carbocycles. The van der Waals surface area contributed by atoms with Gasteiger partial charge in [0.2, 0.25) is 0 Å². The summed E-state index contributed by atoms with van der Waals surface area (Å²) in [7, 11) is 0. The van der Waals surface area contributed by atoms with Crippen LogP contribution in [0.3, 0.4) is 0 Å². The maximum atomic E-state index is 13.7. The van der Waals surface area contributed by atoms with Crippen LogP contribution in [0, 0.1) is 12.7 Å². The zero-order chi connectivity index (χ0) is 15.2. The fourth-order valence-corrected chi connectivity index (χ4v) is 2.07. The van der Waals surface area contributed by atoms with Gasteiger partial charge in [0.1, 0.15) is 5.82 Å². The zero-order valence-corrected chi connectivity index (χ0v) is 12.2. The van der Waals surface area contributed by atoms with Crippen molar-refractivity contribution >= 4 is 11.6 Å². The number of benzene rings is 2. The van der Waals surface area contributed by atoms with E-state index in [1.807, 2.05) is 26.0 Å². The first-order chi connectivity index (χ1) is 10.1. The van der Waals surface area contributed by atoms with Gasteiger partial charge in [-0.25, -0.2) is 4.39 Å². The van der Waals surface area contributed by atoms with Crippen molar-refractivity contribution in [1.82, 2.24) is 5.32 Å². The van der Waals surface area contributed by atoms with Gasteiger partial charge in [-0.05, 0) is 38.1 Å². The molecule has 2 aromatic rings. The molecular formula is C17H19FN2O. The molecule has 0 radical (unpaired) electrons. The molecule has 2 N–H and O–H groups in total. The van der Waals surface area contributed by atoms with E-state index in [4.69, 9.17) is 0 Å². The van der Waals surface area contributed by atoms with E-state index in [1.165, 1.54) is 6.07 Å². The Hall–Kier alpha value is -2.36. The number of nitrogens with one attached hydrogen (secondary N) is 2. The third-order valence-electron chi connectivity index (χ3n) is 3.15. The van der Waals surface area contributed by atoms with Crippen molar-refractivity contribution in [2.24, 2.45) is 0 Å². The van der Waals surface area contributed by atoms with E-state index in [0.717, 1.165) is 11.3 Å². The molecule has 2 rings (SSSR count). The Morgan fingerprint density at radius 3 is 2.76 bits per heavy atom. The maximum Gasteiger partial charge on any atom is 0.251 e. The molecule has 0 heterocycles. The minimum absolute atomic E-state index is 0.108. The lowest BCUT2D eigenvalue weighted by atomic mass is 10.1. The number of rotatable bonds is 5. The molecule has 0 aliphatic rings. The first-order valence-electron chi connectivity index (χ1n) is 6.97. The van der Waals surface area contributed by atoms with Crippen LogP contribution in [0.2, 0.25) is 0 Å². The molecule has 1 amide bonds. The van der Waals surface area contributed by atoms with Crippen LogP contribution in [0.5, 0.6) is 0 Å². The summed E-state index contributed by atoms with van der Waals surface area (Å²) in [6, 6.07) is 12.2. The van der Waals surface area contributed by atoms with Crippen LogP contribution in [0.4, 0.5) is 10.1 Å². The minimum atomic E-state index is -0.229. The number of aryl methyl sites for hydroxylation is 1. The molecule has 0 saturated heterocycles. The van der Waals surface area contributed by atoms with Gasteiger partial charge in [0, 0.05) is 29.9 Å². The Kier molecular flexibility index (Phi) is 4.93. The molecule has 21 heavy (non-hydrogen) atoms. The van der Waals surface area contributed by atoms with Crippen molar-refractivity contribution in [1.29, 1.82) is 0 Å². The van der Waals surface area contributed by atoms with Gasteiger partial charge in [-0.15, -0.1) is 0 Å². The molecule has 3 nitrogen and oxygen atoms in total. The first-order valence-corrected chi connectivity index (χ1v) is 6.97. The van der Waals surface area contributed by atoms with E-state index in [2.05, 4.69) is 10.6 Å². The average Bonchev–Trinajstić information content (AvgIpc) is 2.49. The molecule has 0 unspecified atom stereocenters. The number of hydrogen-bond donors (Lipinski definition) is 2. The Morgan fingerprint density at radius 1 is 1.19 bits per heavy atom. The quantitative estimate of drug-likeness (QED) is 0.883. The van der Waals surface area contributed by atoms with Crippen molar-refractivity contribution < 1.29 is 9.18 Å². The van der Waals surface area contributed by atoms with Crippen LogP contribution in [-0.4, -0.2) is 12.5 Å². The third kappa shape index (κ3) is 4.05. The van der Waals surface area contributed by atoms with Gasteiger partial charge in [-0.3, -0.25) is 4.79 Å². The van der Waals surface area contributed by atoms with Crippen LogP contribution >= 0.6 is 0 Å². The molecular weight excluding hydrogens is 267 g/mol. The number of anilines is 1. The van der Waals surface area contributed by atoms with E-state index < -0.39 is 0 Å². The summed E-state index contributed by atoms with van der Waals surface area (Å²) in [4.78, 5) is 11.8. The van der Waals surface area contributed by atoms with Gasteiger partial charge in [-0.2, -0.15) is 0 Å². The number of carbonyl (C=O) groups excluding carboxylic acids is 1. The molecule has 0 bridgehead atoms. The standard InChI is InChI=1S/C17H19FN2O/c1-3-19-17(21)13-5-4-6-15(10-13)20-11-14-9-12(2)7-8-16(14)18/h4-10,20H,3,11H2,1-2H3,(H,19,21). The second kappa shape index (κ2) is 6.88. The van der Waals surface area contributed by atoms with Crippen molar-refractivity contribution in [3.63, 3.8) is 0 Å². The predicted octanol–water partition coefficient (Wildman–Crippen LogP) is 3.50. The number of amides is 1.